The van der Waals surface area contributed by atoms with E-state index in [0.717, 1.165) is 33.2 Å². The van der Waals surface area contributed by atoms with Gasteiger partial charge < -0.3 is 15.2 Å². The van der Waals surface area contributed by atoms with Crippen LogP contribution >= 0.6 is 0 Å². The zero-order valence-corrected chi connectivity index (χ0v) is 21.6. The Bertz CT molecular complexity index is 1770. The highest BCUT2D eigenvalue weighted by molar-refractivity contribution is 6.35. The van der Waals surface area contributed by atoms with E-state index in [1.54, 1.807) is 24.5 Å². The number of nitrogens with zero attached hydrogens (tertiary/aromatic N) is 3. The summed E-state index contributed by atoms with van der Waals surface area (Å²) >= 11 is 0. The van der Waals surface area contributed by atoms with Gasteiger partial charge in [0, 0.05) is 35.2 Å². The largest absolute Gasteiger partial charge is 0.453 e. The first kappa shape index (κ1) is 24.9. The van der Waals surface area contributed by atoms with Crippen LogP contribution in [0.3, 0.4) is 0 Å². The Morgan fingerprint density at radius 3 is 2.50 bits per heavy atom. The van der Waals surface area contributed by atoms with Crippen LogP contribution in [0.15, 0.2) is 103 Å². The van der Waals surface area contributed by atoms with E-state index >= 15 is 0 Å². The molecule has 0 aliphatic carbocycles. The fourth-order valence-electron chi connectivity index (χ4n) is 4.89. The van der Waals surface area contributed by atoms with Crippen LogP contribution in [0.4, 0.5) is 5.69 Å². The van der Waals surface area contributed by atoms with Crippen LogP contribution in [-0.4, -0.2) is 32.1 Å². The zero-order chi connectivity index (χ0) is 27.5. The van der Waals surface area contributed by atoms with E-state index in [4.69, 9.17) is 20.6 Å². The van der Waals surface area contributed by atoms with Crippen molar-refractivity contribution in [3.8, 4) is 11.8 Å². The standard InChI is InChI=1S/C32H26N5O3/c33-30(34)24-12-11-23-17-29(31(38)39-20-21-7-2-1-3-8-21)37(28(23)18-24)19-25-16-26(40-32-35-13-6-14-36-32)15-22-9-4-5-10-27(22)25/h1-16,18H,17,19-20H2,(H3,33,34)/q+1. The molecule has 0 amide bonds. The summed E-state index contributed by atoms with van der Waals surface area (Å²) in [4.78, 5) is 21.8. The van der Waals surface area contributed by atoms with Gasteiger partial charge in [-0.25, -0.2) is 14.8 Å². The minimum atomic E-state index is -0.390. The summed E-state index contributed by atoms with van der Waals surface area (Å²) in [6, 6.07) is 29.1. The van der Waals surface area contributed by atoms with E-state index in [-0.39, 0.29) is 24.4 Å². The average molecular weight is 529 g/mol. The molecule has 40 heavy (non-hydrogen) atoms. The van der Waals surface area contributed by atoms with Crippen LogP contribution in [0.5, 0.6) is 11.8 Å². The molecule has 196 valence electrons. The third-order valence-corrected chi connectivity index (χ3v) is 6.82. The molecule has 1 aromatic heterocycles. The van der Waals surface area contributed by atoms with Crippen LogP contribution in [0.1, 0.15) is 22.3 Å². The van der Waals surface area contributed by atoms with E-state index in [2.05, 4.69) is 9.97 Å². The number of carbonyl (C=O) groups excluding carboxylic acids is 1. The third-order valence-electron chi connectivity index (χ3n) is 6.82. The molecule has 0 bridgehead atoms. The highest BCUT2D eigenvalue weighted by Crippen LogP contribution is 2.33. The second-order valence-corrected chi connectivity index (χ2v) is 9.47. The van der Waals surface area contributed by atoms with E-state index in [1.165, 1.54) is 0 Å². The van der Waals surface area contributed by atoms with Crippen molar-refractivity contribution in [2.24, 2.45) is 5.73 Å². The van der Waals surface area contributed by atoms with Crippen molar-refractivity contribution in [2.75, 3.05) is 0 Å². The second-order valence-electron chi connectivity index (χ2n) is 9.47. The number of amidine groups is 1. The number of nitrogen functional groups attached to an aromatic ring is 1. The Hall–Kier alpha value is -5.37. The quantitative estimate of drug-likeness (QED) is 0.122. The lowest BCUT2D eigenvalue weighted by Crippen LogP contribution is -2.25. The molecule has 0 unspecified atom stereocenters. The van der Waals surface area contributed by atoms with Gasteiger partial charge in [0.25, 0.3) is 5.71 Å². The Labute approximate surface area is 230 Å². The molecular weight excluding hydrogens is 502 g/mol. The molecule has 8 heteroatoms. The van der Waals surface area contributed by atoms with Crippen molar-refractivity contribution in [2.45, 2.75) is 19.6 Å². The highest BCUT2D eigenvalue weighted by Gasteiger charge is 2.36. The minimum Gasteiger partial charge on any atom is -0.453 e. The van der Waals surface area contributed by atoms with Crippen molar-refractivity contribution in [1.29, 1.82) is 5.41 Å². The van der Waals surface area contributed by atoms with Crippen molar-refractivity contribution in [1.82, 2.24) is 9.97 Å². The fraction of sp³-hybridized carbons (Fsp3) is 0.0938. The Morgan fingerprint density at radius 1 is 0.925 bits per heavy atom. The summed E-state index contributed by atoms with van der Waals surface area (Å²) in [6.07, 6.45) is 3.66. The second kappa shape index (κ2) is 10.8. The molecule has 0 spiro atoms. The third kappa shape index (κ3) is 5.15. The lowest BCUT2D eigenvalue weighted by atomic mass is 10.0. The fourth-order valence-corrected chi connectivity index (χ4v) is 4.89. The van der Waals surface area contributed by atoms with Crippen LogP contribution in [0, 0.1) is 5.41 Å². The molecule has 0 saturated heterocycles. The molecule has 0 radical (unpaired) electrons. The number of ether oxygens (including phenoxy) is 2. The Kier molecular flexibility index (Phi) is 6.72. The summed E-state index contributed by atoms with van der Waals surface area (Å²) in [7, 11) is 0. The number of aromatic nitrogens is 2. The predicted molar refractivity (Wildman–Crippen MR) is 152 cm³/mol. The van der Waals surface area contributed by atoms with Gasteiger partial charge in [0.15, 0.2) is 6.54 Å². The van der Waals surface area contributed by atoms with Gasteiger partial charge in [-0.05, 0) is 34.5 Å². The van der Waals surface area contributed by atoms with Gasteiger partial charge in [0.1, 0.15) is 18.2 Å². The van der Waals surface area contributed by atoms with Gasteiger partial charge in [-0.3, -0.25) is 5.41 Å². The van der Waals surface area contributed by atoms with Gasteiger partial charge in [0.2, 0.25) is 5.69 Å². The first-order chi connectivity index (χ1) is 19.5. The van der Waals surface area contributed by atoms with Crippen LogP contribution in [-0.2, 0) is 29.1 Å². The van der Waals surface area contributed by atoms with Crippen LogP contribution < -0.4 is 10.5 Å². The normalized spacial score (nSPS) is 12.3. The molecular formula is C32H26N5O3+. The summed E-state index contributed by atoms with van der Waals surface area (Å²) in [5.41, 5.74) is 10.6. The van der Waals surface area contributed by atoms with Crippen LogP contribution in [0.2, 0.25) is 0 Å². The number of benzene rings is 4. The number of rotatable bonds is 8. The molecule has 4 aromatic carbocycles. The number of fused-ring (bicyclic) bond motifs is 2. The number of hydrogen-bond donors (Lipinski definition) is 2. The molecule has 0 fully saturated rings. The molecule has 1 aliphatic rings. The lowest BCUT2D eigenvalue weighted by molar-refractivity contribution is -0.454. The molecule has 0 atom stereocenters. The van der Waals surface area contributed by atoms with Crippen molar-refractivity contribution >= 4 is 34.0 Å². The van der Waals surface area contributed by atoms with Gasteiger partial charge >= 0.3 is 12.0 Å². The Morgan fingerprint density at radius 2 is 1.70 bits per heavy atom. The first-order valence-electron chi connectivity index (χ1n) is 12.8. The van der Waals surface area contributed by atoms with Crippen molar-refractivity contribution in [3.05, 3.63) is 126 Å². The topological polar surface area (TPSA) is 114 Å². The maximum absolute atomic E-state index is 13.5. The molecule has 3 N–H and O–H groups in total. The van der Waals surface area contributed by atoms with E-state index in [9.17, 15) is 4.79 Å². The van der Waals surface area contributed by atoms with Gasteiger partial charge in [-0.15, -0.1) is 0 Å². The Balaban J connectivity index is 1.41. The maximum Gasteiger partial charge on any atom is 0.399 e. The molecule has 1 aliphatic heterocycles. The van der Waals surface area contributed by atoms with E-state index in [1.807, 2.05) is 83.4 Å². The van der Waals surface area contributed by atoms with Crippen molar-refractivity contribution in [3.63, 3.8) is 0 Å². The highest BCUT2D eigenvalue weighted by atomic mass is 16.5. The average Bonchev–Trinajstić information content (AvgIpc) is 3.34. The lowest BCUT2D eigenvalue weighted by Gasteiger charge is -2.11. The number of nitrogens with two attached hydrogens (primary N) is 1. The molecule has 6 rings (SSSR count). The summed E-state index contributed by atoms with van der Waals surface area (Å²) in [6.45, 7) is 0.548. The smallest absolute Gasteiger partial charge is 0.399 e. The number of hydrogen-bond acceptors (Lipinski definition) is 6. The van der Waals surface area contributed by atoms with Gasteiger partial charge in [-0.1, -0.05) is 66.7 Å². The summed E-state index contributed by atoms with van der Waals surface area (Å²) < 4.78 is 13.7. The summed E-state index contributed by atoms with van der Waals surface area (Å²) in [5, 5.41) is 9.96. The van der Waals surface area contributed by atoms with Gasteiger partial charge in [0.05, 0.1) is 6.42 Å². The molecule has 5 aromatic rings. The monoisotopic (exact) mass is 528 g/mol. The van der Waals surface area contributed by atoms with E-state index in [0.29, 0.717) is 30.0 Å². The van der Waals surface area contributed by atoms with Crippen LogP contribution in [0.25, 0.3) is 10.8 Å². The minimum absolute atomic E-state index is 0.0356. The number of esters is 1. The SMILES string of the molecule is N=C(N)c1ccc2c(c1)[N+](Cc1cc(Oc3ncccn3)cc3ccccc13)=C(C(=O)OCc1ccccc1)C2. The van der Waals surface area contributed by atoms with Crippen molar-refractivity contribution < 1.29 is 18.8 Å². The number of nitrogens with one attached hydrogen (secondary N) is 1. The molecule has 8 nitrogen and oxygen atoms in total. The molecule has 2 heterocycles. The maximum atomic E-state index is 13.5. The van der Waals surface area contributed by atoms with Gasteiger partial charge in [-0.2, -0.15) is 4.58 Å². The predicted octanol–water partition coefficient (Wildman–Crippen LogP) is 5.29. The first-order valence-corrected chi connectivity index (χ1v) is 12.8. The number of carbonyl (C=O) groups is 1. The van der Waals surface area contributed by atoms with E-state index < -0.39 is 0 Å². The zero-order valence-electron chi connectivity index (χ0n) is 21.6. The summed E-state index contributed by atoms with van der Waals surface area (Å²) in [5.74, 6) is 0.162. The molecule has 0 saturated carbocycles.